The van der Waals surface area contributed by atoms with Gasteiger partial charge in [0.1, 0.15) is 0 Å². The molecule has 0 aliphatic heterocycles. The van der Waals surface area contributed by atoms with Gasteiger partial charge in [-0.3, -0.25) is 0 Å². The van der Waals surface area contributed by atoms with Gasteiger partial charge in [-0.2, -0.15) is 0 Å². The molecule has 0 saturated carbocycles. The van der Waals surface area contributed by atoms with Crippen molar-refractivity contribution in [2.75, 3.05) is 13.2 Å². The van der Waals surface area contributed by atoms with Crippen LogP contribution in [0, 0.1) is 0 Å². The Balaban J connectivity index is -0.00000158. The van der Waals surface area contributed by atoms with E-state index in [-0.39, 0.29) is 29.6 Å². The zero-order valence-electron chi connectivity index (χ0n) is 20.4. The Morgan fingerprint density at radius 1 is 0.517 bits per heavy atom. The number of hydrogen-bond acceptors (Lipinski definition) is 3. The molecule has 170 valence electrons. The van der Waals surface area contributed by atoms with Gasteiger partial charge in [-0.25, -0.2) is 0 Å². The van der Waals surface area contributed by atoms with Crippen LogP contribution in [0.25, 0.3) is 0 Å². The van der Waals surface area contributed by atoms with Gasteiger partial charge in [-0.15, -0.1) is 0 Å². The molecular weight excluding hydrogens is 371 g/mol. The van der Waals surface area contributed by atoms with Crippen LogP contribution >= 0.6 is 0 Å². The second-order valence-corrected chi connectivity index (χ2v) is 8.07. The average Bonchev–Trinajstić information content (AvgIpc) is 2.70. The van der Waals surface area contributed by atoms with Crippen molar-refractivity contribution >= 4 is 6.47 Å². The van der Waals surface area contributed by atoms with Gasteiger partial charge in [0.2, 0.25) is 0 Å². The van der Waals surface area contributed by atoms with Crippen LogP contribution < -0.4 is 34.7 Å². The number of carbonyl (C=O) groups excluding carboxylic acids is 1. The minimum absolute atomic E-state index is 0. The van der Waals surface area contributed by atoms with Gasteiger partial charge in [0.25, 0.3) is 0 Å². The molecule has 29 heavy (non-hydrogen) atoms. The fourth-order valence-corrected chi connectivity index (χ4v) is 3.49. The second-order valence-electron chi connectivity index (χ2n) is 8.07. The van der Waals surface area contributed by atoms with E-state index in [4.69, 9.17) is 14.6 Å². The molecule has 3 nitrogen and oxygen atoms in total. The fourth-order valence-electron chi connectivity index (χ4n) is 3.49. The van der Waals surface area contributed by atoms with Gasteiger partial charge >= 0.3 is 29.6 Å². The summed E-state index contributed by atoms with van der Waals surface area (Å²) < 4.78 is 5.78. The minimum Gasteiger partial charge on any atom is -0.554 e. The van der Waals surface area contributed by atoms with Crippen LogP contribution in [-0.4, -0.2) is 19.7 Å². The van der Waals surface area contributed by atoms with E-state index in [2.05, 4.69) is 13.8 Å². The molecule has 0 aliphatic rings. The summed E-state index contributed by atoms with van der Waals surface area (Å²) in [5, 5.41) is 8.25. The first-order valence-corrected chi connectivity index (χ1v) is 12.5. The first kappa shape index (κ1) is 34.1. The van der Waals surface area contributed by atoms with E-state index < -0.39 is 6.47 Å². The fraction of sp³-hybridized carbons (Fsp3) is 0.960. The zero-order chi connectivity index (χ0) is 21.0. The number of ether oxygens (including phenoxy) is 1. The topological polar surface area (TPSA) is 49.4 Å². The predicted octanol–water partition coefficient (Wildman–Crippen LogP) is 4.21. The van der Waals surface area contributed by atoms with Crippen molar-refractivity contribution in [1.29, 1.82) is 0 Å². The number of carboxylic acid groups (broad SMARTS) is 1. The molecule has 0 bridgehead atoms. The van der Waals surface area contributed by atoms with Crippen molar-refractivity contribution in [3.63, 3.8) is 0 Å². The maximum Gasteiger partial charge on any atom is 1.00 e. The molecule has 0 unspecified atom stereocenters. The van der Waals surface area contributed by atoms with Crippen molar-refractivity contribution in [2.45, 2.75) is 142 Å². The molecule has 0 radical (unpaired) electrons. The zero-order valence-corrected chi connectivity index (χ0v) is 22.4. The van der Waals surface area contributed by atoms with E-state index >= 15 is 0 Å². The van der Waals surface area contributed by atoms with Crippen molar-refractivity contribution < 1.29 is 44.2 Å². The third kappa shape index (κ3) is 39.5. The van der Waals surface area contributed by atoms with E-state index in [0.717, 1.165) is 13.2 Å². The Hall–Kier alpha value is 0.430. The van der Waals surface area contributed by atoms with E-state index in [0.29, 0.717) is 0 Å². The van der Waals surface area contributed by atoms with Crippen LogP contribution in [0.3, 0.4) is 0 Å². The SMILES string of the molecule is CCCCCCCCCCCCOCCCCCCCCCCCC.O=C[O-].[Na+]. The summed E-state index contributed by atoms with van der Waals surface area (Å²) in [6, 6.07) is 0. The largest absolute Gasteiger partial charge is 1.00 e. The first-order valence-electron chi connectivity index (χ1n) is 12.5. The number of unbranched alkanes of at least 4 members (excludes halogenated alkanes) is 18. The molecule has 0 amide bonds. The number of hydrogen-bond donors (Lipinski definition) is 0. The van der Waals surface area contributed by atoms with E-state index in [1.807, 2.05) is 0 Å². The van der Waals surface area contributed by atoms with Crippen LogP contribution in [0.5, 0.6) is 0 Å². The summed E-state index contributed by atoms with van der Waals surface area (Å²) in [5.74, 6) is 0. The molecule has 0 spiro atoms. The monoisotopic (exact) mass is 422 g/mol. The van der Waals surface area contributed by atoms with Crippen LogP contribution in [-0.2, 0) is 9.53 Å². The molecule has 0 saturated heterocycles. The Morgan fingerprint density at radius 3 is 0.966 bits per heavy atom. The third-order valence-electron chi connectivity index (χ3n) is 5.28. The number of carbonyl (C=O) groups is 1. The molecule has 0 aromatic heterocycles. The van der Waals surface area contributed by atoms with E-state index in [1.54, 1.807) is 0 Å². The molecule has 0 rings (SSSR count). The van der Waals surface area contributed by atoms with E-state index in [1.165, 1.54) is 128 Å². The Labute approximate surface area is 205 Å². The predicted molar refractivity (Wildman–Crippen MR) is 121 cm³/mol. The summed E-state index contributed by atoms with van der Waals surface area (Å²) in [6.45, 7) is 6.07. The third-order valence-corrected chi connectivity index (χ3v) is 5.28. The Kier molecular flexibility index (Phi) is 42.1. The summed E-state index contributed by atoms with van der Waals surface area (Å²) in [7, 11) is 0. The molecule has 0 aliphatic carbocycles. The van der Waals surface area contributed by atoms with Crippen LogP contribution in [0.1, 0.15) is 142 Å². The molecule has 0 N–H and O–H groups in total. The molecule has 0 aromatic rings. The minimum atomic E-state index is -0.500. The number of rotatable bonds is 22. The normalized spacial score (nSPS) is 10.1. The van der Waals surface area contributed by atoms with Gasteiger partial charge in [0.05, 0.1) is 0 Å². The van der Waals surface area contributed by atoms with Crippen molar-refractivity contribution in [3.05, 3.63) is 0 Å². The van der Waals surface area contributed by atoms with Crippen molar-refractivity contribution in [2.24, 2.45) is 0 Å². The molecular formula is C25H51NaO3. The molecule has 0 fully saturated rings. The average molecular weight is 423 g/mol. The van der Waals surface area contributed by atoms with E-state index in [9.17, 15) is 0 Å². The smallest absolute Gasteiger partial charge is 0.554 e. The molecule has 0 atom stereocenters. The van der Waals surface area contributed by atoms with Gasteiger partial charge in [-0.1, -0.05) is 129 Å². The summed E-state index contributed by atoms with van der Waals surface area (Å²) in [5.41, 5.74) is 0. The van der Waals surface area contributed by atoms with Gasteiger partial charge in [0.15, 0.2) is 0 Å². The van der Waals surface area contributed by atoms with Crippen molar-refractivity contribution in [3.8, 4) is 0 Å². The Morgan fingerprint density at radius 2 is 0.724 bits per heavy atom. The van der Waals surface area contributed by atoms with Gasteiger partial charge in [-0.05, 0) is 12.8 Å². The molecule has 0 aromatic carbocycles. The maximum absolute atomic E-state index is 8.25. The van der Waals surface area contributed by atoms with Crippen LogP contribution in [0.2, 0.25) is 0 Å². The van der Waals surface area contributed by atoms with Crippen LogP contribution in [0.15, 0.2) is 0 Å². The molecule has 4 heteroatoms. The standard InChI is InChI=1S/C24H50O.CH2O2.Na/c1-3-5-7-9-11-13-15-17-19-21-23-25-24-22-20-18-16-14-12-10-8-6-4-2;2-1-3;/h3-24H2,1-2H3;1H,(H,2,3);/q;;+1/p-1. The second kappa shape index (κ2) is 35.8. The van der Waals surface area contributed by atoms with Gasteiger partial charge in [0, 0.05) is 19.7 Å². The summed E-state index contributed by atoms with van der Waals surface area (Å²) in [4.78, 5) is 8.25. The van der Waals surface area contributed by atoms with Crippen LogP contribution in [0.4, 0.5) is 0 Å². The summed E-state index contributed by atoms with van der Waals surface area (Å²) in [6.07, 6.45) is 28.2. The van der Waals surface area contributed by atoms with Crippen molar-refractivity contribution in [1.82, 2.24) is 0 Å². The maximum atomic E-state index is 8.25. The first-order chi connectivity index (χ1) is 13.8. The van der Waals surface area contributed by atoms with Gasteiger partial charge < -0.3 is 14.6 Å². The quantitative estimate of drug-likeness (QED) is 0.149. The molecule has 0 heterocycles. The Bertz CT molecular complexity index is 240. The summed E-state index contributed by atoms with van der Waals surface area (Å²) >= 11 is 0.